The Labute approximate surface area is 139 Å². The fourth-order valence-corrected chi connectivity index (χ4v) is 2.37. The minimum absolute atomic E-state index is 0.229. The van der Waals surface area contributed by atoms with Gasteiger partial charge in [0.15, 0.2) is 18.1 Å². The molecule has 0 spiro atoms. The zero-order chi connectivity index (χ0) is 17.5. The third-order valence-corrected chi connectivity index (χ3v) is 3.54. The lowest BCUT2D eigenvalue weighted by Gasteiger charge is -2.12. The monoisotopic (exact) mass is 333 g/mol. The van der Waals surface area contributed by atoms with Crippen molar-refractivity contribution in [3.05, 3.63) is 29.8 Å². The summed E-state index contributed by atoms with van der Waals surface area (Å²) < 4.78 is 15.3. The van der Waals surface area contributed by atoms with E-state index in [0.717, 1.165) is 4.90 Å². The second kappa shape index (κ2) is 8.14. The molecule has 1 saturated heterocycles. The van der Waals surface area contributed by atoms with Crippen LogP contribution >= 0.6 is 0 Å². The van der Waals surface area contributed by atoms with Crippen LogP contribution in [-0.4, -0.2) is 50.1 Å². The van der Waals surface area contributed by atoms with Gasteiger partial charge >= 0.3 is 5.97 Å². The quantitative estimate of drug-likeness (QED) is 0.578. The first-order valence-electron chi connectivity index (χ1n) is 7.46. The summed E-state index contributed by atoms with van der Waals surface area (Å²) in [5.41, 5.74) is 0.634. The molecule has 1 heterocycles. The number of esters is 1. The summed E-state index contributed by atoms with van der Waals surface area (Å²) in [6, 6.07) is 5.24. The molecule has 128 valence electrons. The lowest BCUT2D eigenvalue weighted by molar-refractivity contribution is -0.151. The molecule has 0 bridgehead atoms. The number of rotatable bonds is 6. The zero-order valence-corrected chi connectivity index (χ0v) is 13.6. The van der Waals surface area contributed by atoms with Crippen LogP contribution in [0.15, 0.2) is 24.3 Å². The third kappa shape index (κ3) is 4.13. The molecule has 0 unspecified atom stereocenters. The number of hydrogen-bond acceptors (Lipinski definition) is 6. The van der Waals surface area contributed by atoms with E-state index < -0.39 is 18.5 Å². The Kier molecular flexibility index (Phi) is 5.95. The van der Waals surface area contributed by atoms with Crippen molar-refractivity contribution < 1.29 is 28.6 Å². The lowest BCUT2D eigenvalue weighted by Crippen LogP contribution is -2.35. The molecule has 7 nitrogen and oxygen atoms in total. The summed E-state index contributed by atoms with van der Waals surface area (Å²) in [4.78, 5) is 36.1. The predicted octanol–water partition coefficient (Wildman–Crippen LogP) is 1.41. The third-order valence-electron chi connectivity index (χ3n) is 3.54. The van der Waals surface area contributed by atoms with Crippen molar-refractivity contribution in [1.29, 1.82) is 0 Å². The van der Waals surface area contributed by atoms with E-state index in [0.29, 0.717) is 36.4 Å². The number of hydrogen-bond donors (Lipinski definition) is 0. The van der Waals surface area contributed by atoms with Crippen molar-refractivity contribution in [3.63, 3.8) is 0 Å². The Bertz CT molecular complexity index is 667. The largest absolute Gasteiger partial charge is 0.493 e. The van der Waals surface area contributed by atoms with Crippen molar-refractivity contribution in [1.82, 2.24) is 4.90 Å². The number of benzene rings is 1. The highest BCUT2D eigenvalue weighted by Crippen LogP contribution is 2.31. The molecule has 24 heavy (non-hydrogen) atoms. The number of amides is 2. The molecular weight excluding hydrogens is 314 g/mol. The first-order chi connectivity index (χ1) is 11.6. The van der Waals surface area contributed by atoms with E-state index in [1.165, 1.54) is 26.4 Å². The smallest absolute Gasteiger partial charge is 0.331 e. The van der Waals surface area contributed by atoms with Gasteiger partial charge in [0, 0.05) is 24.6 Å². The van der Waals surface area contributed by atoms with Gasteiger partial charge in [0.2, 0.25) is 5.91 Å². The SMILES string of the molecule is COc1cccc(/C=C/C(=O)OCC(=O)N2CCCC2=O)c1OC. The van der Waals surface area contributed by atoms with Crippen LogP contribution in [0.2, 0.25) is 0 Å². The fourth-order valence-electron chi connectivity index (χ4n) is 2.37. The summed E-state index contributed by atoms with van der Waals surface area (Å²) in [6.45, 7) is -0.0732. The van der Waals surface area contributed by atoms with Gasteiger partial charge in [-0.25, -0.2) is 4.79 Å². The topological polar surface area (TPSA) is 82.1 Å². The Morgan fingerprint density at radius 2 is 2.04 bits per heavy atom. The Morgan fingerprint density at radius 3 is 2.67 bits per heavy atom. The summed E-state index contributed by atoms with van der Waals surface area (Å²) in [6.07, 6.45) is 3.70. The maximum absolute atomic E-state index is 11.8. The summed E-state index contributed by atoms with van der Waals surface area (Å²) in [5, 5.41) is 0. The van der Waals surface area contributed by atoms with Crippen LogP contribution < -0.4 is 9.47 Å². The molecule has 7 heteroatoms. The molecule has 1 aliphatic heterocycles. The maximum Gasteiger partial charge on any atom is 0.331 e. The Balaban J connectivity index is 1.94. The second-order valence-electron chi connectivity index (χ2n) is 5.07. The number of imide groups is 1. The molecule has 0 radical (unpaired) electrons. The zero-order valence-electron chi connectivity index (χ0n) is 13.6. The minimum Gasteiger partial charge on any atom is -0.493 e. The summed E-state index contributed by atoms with van der Waals surface area (Å²) >= 11 is 0. The predicted molar refractivity (Wildman–Crippen MR) is 85.5 cm³/mol. The molecule has 1 aliphatic rings. The van der Waals surface area contributed by atoms with Crippen molar-refractivity contribution in [2.45, 2.75) is 12.8 Å². The van der Waals surface area contributed by atoms with Crippen LogP contribution in [0, 0.1) is 0 Å². The highest BCUT2D eigenvalue weighted by Gasteiger charge is 2.26. The molecule has 1 fully saturated rings. The van der Waals surface area contributed by atoms with Gasteiger partial charge in [-0.05, 0) is 18.6 Å². The highest BCUT2D eigenvalue weighted by atomic mass is 16.5. The van der Waals surface area contributed by atoms with Crippen LogP contribution in [0.1, 0.15) is 18.4 Å². The lowest BCUT2D eigenvalue weighted by atomic mass is 10.1. The van der Waals surface area contributed by atoms with Crippen molar-refractivity contribution in [2.24, 2.45) is 0 Å². The van der Waals surface area contributed by atoms with Crippen molar-refractivity contribution in [3.8, 4) is 11.5 Å². The number of carbonyl (C=O) groups excluding carboxylic acids is 3. The molecule has 0 saturated carbocycles. The molecule has 0 atom stereocenters. The Morgan fingerprint density at radius 1 is 1.25 bits per heavy atom. The molecule has 0 aliphatic carbocycles. The van der Waals surface area contributed by atoms with E-state index in [4.69, 9.17) is 14.2 Å². The van der Waals surface area contributed by atoms with E-state index >= 15 is 0 Å². The van der Waals surface area contributed by atoms with E-state index in [1.807, 2.05) is 0 Å². The number of para-hydroxylation sites is 1. The van der Waals surface area contributed by atoms with Crippen LogP contribution in [-0.2, 0) is 19.1 Å². The molecule has 0 aromatic heterocycles. The number of nitrogens with zero attached hydrogens (tertiary/aromatic N) is 1. The number of ether oxygens (including phenoxy) is 3. The van der Waals surface area contributed by atoms with Crippen LogP contribution in [0.4, 0.5) is 0 Å². The van der Waals surface area contributed by atoms with Crippen molar-refractivity contribution >= 4 is 23.9 Å². The van der Waals surface area contributed by atoms with Crippen LogP contribution in [0.3, 0.4) is 0 Å². The normalized spacial score (nSPS) is 14.1. The van der Waals surface area contributed by atoms with Gasteiger partial charge in [-0.15, -0.1) is 0 Å². The number of carbonyl (C=O) groups is 3. The van der Waals surface area contributed by atoms with Gasteiger partial charge in [0.05, 0.1) is 14.2 Å². The van der Waals surface area contributed by atoms with Crippen LogP contribution in [0.5, 0.6) is 11.5 Å². The first-order valence-corrected chi connectivity index (χ1v) is 7.46. The maximum atomic E-state index is 11.8. The van der Waals surface area contributed by atoms with Gasteiger partial charge in [0.25, 0.3) is 5.91 Å². The van der Waals surface area contributed by atoms with E-state index in [-0.39, 0.29) is 5.91 Å². The fraction of sp³-hybridized carbons (Fsp3) is 0.353. The average Bonchev–Trinajstić information content (AvgIpc) is 3.03. The van der Waals surface area contributed by atoms with Gasteiger partial charge in [0.1, 0.15) is 0 Å². The molecule has 2 amide bonds. The molecule has 1 aromatic carbocycles. The first kappa shape index (κ1) is 17.5. The standard InChI is InChI=1S/C17H19NO6/c1-22-13-6-3-5-12(17(13)23-2)8-9-16(21)24-11-15(20)18-10-4-7-14(18)19/h3,5-6,8-9H,4,7,10-11H2,1-2H3/b9-8+. The highest BCUT2D eigenvalue weighted by molar-refractivity contribution is 5.98. The van der Waals surface area contributed by atoms with Gasteiger partial charge in [-0.3, -0.25) is 14.5 Å². The molecular formula is C17H19NO6. The van der Waals surface area contributed by atoms with Crippen LogP contribution in [0.25, 0.3) is 6.08 Å². The van der Waals surface area contributed by atoms with E-state index in [2.05, 4.69) is 0 Å². The van der Waals surface area contributed by atoms with Gasteiger partial charge < -0.3 is 14.2 Å². The van der Waals surface area contributed by atoms with Crippen molar-refractivity contribution in [2.75, 3.05) is 27.4 Å². The summed E-state index contributed by atoms with van der Waals surface area (Å²) in [5.74, 6) is -0.385. The van der Waals surface area contributed by atoms with Gasteiger partial charge in [-0.1, -0.05) is 12.1 Å². The van der Waals surface area contributed by atoms with E-state index in [9.17, 15) is 14.4 Å². The van der Waals surface area contributed by atoms with Gasteiger partial charge in [-0.2, -0.15) is 0 Å². The molecule has 0 N–H and O–H groups in total. The number of likely N-dealkylation sites (tertiary alicyclic amines) is 1. The molecule has 2 rings (SSSR count). The Hall–Kier alpha value is -2.83. The number of methoxy groups -OCH3 is 2. The second-order valence-corrected chi connectivity index (χ2v) is 5.07. The average molecular weight is 333 g/mol. The summed E-state index contributed by atoms with van der Waals surface area (Å²) in [7, 11) is 3.02. The minimum atomic E-state index is -0.681. The van der Waals surface area contributed by atoms with E-state index in [1.54, 1.807) is 18.2 Å². The molecule has 1 aromatic rings.